The third-order valence-corrected chi connectivity index (χ3v) is 24.3. The minimum absolute atomic E-state index is 0.00912. The van der Waals surface area contributed by atoms with Crippen LogP contribution >= 0.6 is 11.3 Å². The van der Waals surface area contributed by atoms with E-state index in [4.69, 9.17) is 4.42 Å². The van der Waals surface area contributed by atoms with Crippen LogP contribution in [0.3, 0.4) is 0 Å². The van der Waals surface area contributed by atoms with E-state index < -0.39 is 0 Å². The van der Waals surface area contributed by atoms with E-state index in [-0.39, 0.29) is 28.6 Å². The maximum atomic E-state index is 7.27. The Hall–Kier alpha value is -9.30. The Balaban J connectivity index is 0.949. The summed E-state index contributed by atoms with van der Waals surface area (Å²) >= 11 is 1.92. The van der Waals surface area contributed by atoms with Gasteiger partial charge in [-0.15, -0.1) is 11.3 Å². The van der Waals surface area contributed by atoms with Gasteiger partial charge in [-0.05, 0) is 162 Å². The lowest BCUT2D eigenvalue weighted by Crippen LogP contribution is -2.61. The zero-order valence-electron chi connectivity index (χ0n) is 50.9. The van der Waals surface area contributed by atoms with Crippen molar-refractivity contribution in [3.8, 4) is 22.3 Å². The SMILES string of the molecule is CC12CCCCC1(C)N(c1ccc3c(c1)N(c1cccc4c1oc1ccccc14)c1cc(N4c5ccc(-c6ccccc6)cc5C5(C)CCCCC45C)cc4c1B3c1ccc(-c3ccccc3)cc1N4c1cccc3c1sc1ccccc13)c1ccccc12. The standard InChI is InChI=1S/C82H67BN4OS/c1-79-43-17-19-45-81(79,3)86(66-32-14-13-31-62(66)79)56-39-41-65-71(49-56)84(68-33-21-29-60-58-27-11-15-35-74(58)88-77(60)68)72-50-57(87-67-42-38-54(52-23-7-5-8-24-52)47-63(67)80(2)44-18-20-46-82(80,87)4)51-73-76(72)83(65)64-40-37-55(53-25-9-6-10-26-53)48-70(64)85(73)69-34-22-30-61-59-28-12-16-36-75(59)89-78(61)69/h5-16,21-42,47-51H,17-20,43-46H2,1-4H3. The summed E-state index contributed by atoms with van der Waals surface area (Å²) in [5.74, 6) is 0. The van der Waals surface area contributed by atoms with E-state index in [1.165, 1.54) is 153 Å². The average Bonchev–Trinajstić information content (AvgIpc) is 1.70. The summed E-state index contributed by atoms with van der Waals surface area (Å²) in [6, 6.07) is 90.5. The van der Waals surface area contributed by atoms with Gasteiger partial charge in [0.1, 0.15) is 5.58 Å². The van der Waals surface area contributed by atoms with Crippen LogP contribution in [0.4, 0.5) is 56.9 Å². The van der Waals surface area contributed by atoms with Crippen molar-refractivity contribution in [1.29, 1.82) is 0 Å². The number of hydrogen-bond acceptors (Lipinski definition) is 6. The molecule has 4 aliphatic heterocycles. The molecule has 7 heteroatoms. The predicted octanol–water partition coefficient (Wildman–Crippen LogP) is 20.9. The minimum Gasteiger partial charge on any atom is -0.454 e. The number of benzene rings is 11. The second kappa shape index (κ2) is 18.6. The molecule has 2 aliphatic carbocycles. The van der Waals surface area contributed by atoms with Crippen LogP contribution in [0.5, 0.6) is 0 Å². The Morgan fingerprint density at radius 1 is 0.371 bits per heavy atom. The normalized spacial score (nSPS) is 22.1. The number of hydrogen-bond donors (Lipinski definition) is 0. The van der Waals surface area contributed by atoms with Crippen molar-refractivity contribution >= 4 is 133 Å². The molecular formula is C82H67BN4OS. The molecule has 5 nitrogen and oxygen atoms in total. The Labute approximate surface area is 525 Å². The highest BCUT2D eigenvalue weighted by Crippen LogP contribution is 2.64. The van der Waals surface area contributed by atoms with Gasteiger partial charge in [0, 0.05) is 82.6 Å². The molecular weight excluding hydrogens is 1100 g/mol. The van der Waals surface area contributed by atoms with Gasteiger partial charge in [-0.2, -0.15) is 0 Å². The van der Waals surface area contributed by atoms with Crippen LogP contribution in [0.25, 0.3) is 64.4 Å². The van der Waals surface area contributed by atoms with Gasteiger partial charge in [0.25, 0.3) is 6.71 Å². The van der Waals surface area contributed by atoms with E-state index in [9.17, 15) is 0 Å². The zero-order chi connectivity index (χ0) is 59.1. The van der Waals surface area contributed by atoms with Crippen molar-refractivity contribution in [2.75, 3.05) is 19.6 Å². The first kappa shape index (κ1) is 51.7. The van der Waals surface area contributed by atoms with Crippen molar-refractivity contribution in [2.45, 2.75) is 101 Å². The zero-order valence-corrected chi connectivity index (χ0v) is 51.7. The molecule has 0 saturated heterocycles. The molecule has 6 heterocycles. The predicted molar refractivity (Wildman–Crippen MR) is 377 cm³/mol. The first-order chi connectivity index (χ1) is 43.6. The van der Waals surface area contributed by atoms with E-state index in [1.54, 1.807) is 0 Å². The summed E-state index contributed by atoms with van der Waals surface area (Å²) in [6.07, 6.45) is 9.31. The molecule has 0 N–H and O–H groups in total. The van der Waals surface area contributed by atoms with E-state index in [1.807, 2.05) is 11.3 Å². The molecule has 19 rings (SSSR count). The van der Waals surface area contributed by atoms with Gasteiger partial charge in [0.15, 0.2) is 5.58 Å². The summed E-state index contributed by atoms with van der Waals surface area (Å²) in [4.78, 5) is 10.9. The van der Waals surface area contributed by atoms with Crippen molar-refractivity contribution in [3.05, 3.63) is 248 Å². The number of thiophene rings is 1. The summed E-state index contributed by atoms with van der Waals surface area (Å²) in [7, 11) is 0. The second-order valence-electron chi connectivity index (χ2n) is 27.3. The monoisotopic (exact) mass is 1170 g/mol. The van der Waals surface area contributed by atoms with Crippen LogP contribution in [0, 0.1) is 0 Å². The second-order valence-corrected chi connectivity index (χ2v) is 28.4. The molecule has 0 spiro atoms. The molecule has 2 fully saturated rings. The van der Waals surface area contributed by atoms with Gasteiger partial charge in [0.2, 0.25) is 0 Å². The number of anilines is 10. The maximum Gasteiger partial charge on any atom is 0.252 e. The average molecular weight is 1170 g/mol. The van der Waals surface area contributed by atoms with Crippen LogP contribution in [-0.4, -0.2) is 17.8 Å². The van der Waals surface area contributed by atoms with E-state index in [0.717, 1.165) is 46.9 Å². The quantitative estimate of drug-likeness (QED) is 0.155. The maximum absolute atomic E-state index is 7.27. The molecule has 430 valence electrons. The molecule has 89 heavy (non-hydrogen) atoms. The third kappa shape index (κ3) is 6.92. The molecule has 0 amide bonds. The van der Waals surface area contributed by atoms with Crippen molar-refractivity contribution in [3.63, 3.8) is 0 Å². The third-order valence-electron chi connectivity index (χ3n) is 23.1. The van der Waals surface area contributed by atoms with Gasteiger partial charge in [-0.1, -0.05) is 203 Å². The van der Waals surface area contributed by atoms with Crippen LogP contribution in [-0.2, 0) is 10.8 Å². The Bertz CT molecular complexity index is 5130. The molecule has 2 aromatic heterocycles. The smallest absolute Gasteiger partial charge is 0.252 e. The fourth-order valence-electron chi connectivity index (χ4n) is 18.4. The molecule has 2 saturated carbocycles. The van der Waals surface area contributed by atoms with Crippen LogP contribution in [0.15, 0.2) is 241 Å². The molecule has 4 atom stereocenters. The van der Waals surface area contributed by atoms with Crippen molar-refractivity contribution < 1.29 is 4.42 Å². The molecule has 0 radical (unpaired) electrons. The fourth-order valence-corrected chi connectivity index (χ4v) is 19.6. The van der Waals surface area contributed by atoms with Gasteiger partial charge in [-0.3, -0.25) is 0 Å². The number of fused-ring (bicyclic) bond motifs is 16. The van der Waals surface area contributed by atoms with E-state index in [0.29, 0.717) is 0 Å². The molecule has 4 unspecified atom stereocenters. The highest BCUT2D eigenvalue weighted by molar-refractivity contribution is 7.26. The first-order valence-electron chi connectivity index (χ1n) is 32.4. The molecule has 6 aliphatic rings. The highest BCUT2D eigenvalue weighted by Gasteiger charge is 2.60. The number of rotatable bonds is 6. The summed E-state index contributed by atoms with van der Waals surface area (Å²) in [5.41, 5.74) is 25.1. The van der Waals surface area contributed by atoms with Crippen molar-refractivity contribution in [2.24, 2.45) is 0 Å². The van der Waals surface area contributed by atoms with Crippen LogP contribution in [0.1, 0.15) is 90.2 Å². The minimum atomic E-state index is -0.249. The van der Waals surface area contributed by atoms with Gasteiger partial charge in [-0.25, -0.2) is 0 Å². The van der Waals surface area contributed by atoms with Crippen LogP contribution < -0.4 is 36.0 Å². The lowest BCUT2D eigenvalue weighted by molar-refractivity contribution is 0.195. The highest BCUT2D eigenvalue weighted by atomic mass is 32.1. The van der Waals surface area contributed by atoms with Gasteiger partial charge < -0.3 is 24.0 Å². The summed E-state index contributed by atoms with van der Waals surface area (Å²) in [5, 5.41) is 4.82. The lowest BCUT2D eigenvalue weighted by Gasteiger charge is -2.51. The fraction of sp³-hybridized carbons (Fsp3) is 0.195. The first-order valence-corrected chi connectivity index (χ1v) is 33.3. The Morgan fingerprint density at radius 2 is 0.899 bits per heavy atom. The molecule has 11 aromatic carbocycles. The summed E-state index contributed by atoms with van der Waals surface area (Å²) in [6.45, 7) is 10.2. The van der Waals surface area contributed by atoms with Crippen LogP contribution in [0.2, 0.25) is 0 Å². The number of nitrogens with zero attached hydrogens (tertiary/aromatic N) is 4. The topological polar surface area (TPSA) is 26.1 Å². The molecule has 0 bridgehead atoms. The van der Waals surface area contributed by atoms with Crippen molar-refractivity contribution in [1.82, 2.24) is 0 Å². The van der Waals surface area contributed by atoms with E-state index >= 15 is 0 Å². The number of para-hydroxylation sites is 3. The molecule has 13 aromatic rings. The largest absolute Gasteiger partial charge is 0.454 e. The summed E-state index contributed by atoms with van der Waals surface area (Å²) < 4.78 is 9.85. The Kier molecular flexibility index (Phi) is 10.8. The van der Waals surface area contributed by atoms with E-state index in [2.05, 4.69) is 284 Å². The van der Waals surface area contributed by atoms with Gasteiger partial charge >= 0.3 is 0 Å². The Morgan fingerprint density at radius 3 is 1.65 bits per heavy atom. The number of furan rings is 1. The lowest BCUT2D eigenvalue weighted by atomic mass is 9.33. The van der Waals surface area contributed by atoms with Gasteiger partial charge in [0.05, 0.1) is 27.2 Å².